The van der Waals surface area contributed by atoms with Crippen LogP contribution in [0.25, 0.3) is 11.1 Å². The van der Waals surface area contributed by atoms with E-state index in [2.05, 4.69) is 42.6 Å². The highest BCUT2D eigenvalue weighted by molar-refractivity contribution is 5.99. The zero-order valence-corrected chi connectivity index (χ0v) is 22.6. The van der Waals surface area contributed by atoms with Crippen LogP contribution in [0.2, 0.25) is 0 Å². The molecule has 1 aliphatic heterocycles. The molecule has 1 unspecified atom stereocenters. The smallest absolute Gasteiger partial charge is 0.251 e. The third kappa shape index (κ3) is 4.48. The van der Waals surface area contributed by atoms with Gasteiger partial charge in [-0.25, -0.2) is 0 Å². The van der Waals surface area contributed by atoms with Crippen LogP contribution in [-0.4, -0.2) is 82.5 Å². The van der Waals surface area contributed by atoms with Crippen molar-refractivity contribution >= 4 is 17.7 Å². The van der Waals surface area contributed by atoms with Crippen LogP contribution < -0.4 is 16.0 Å². The third-order valence-corrected chi connectivity index (χ3v) is 7.89. The Kier molecular flexibility index (Phi) is 7.32. The van der Waals surface area contributed by atoms with Gasteiger partial charge >= 0.3 is 0 Å². The molecule has 1 aliphatic carbocycles. The third-order valence-electron chi connectivity index (χ3n) is 7.89. The summed E-state index contributed by atoms with van der Waals surface area (Å²) >= 11 is 0. The normalized spacial score (nSPS) is 17.4. The van der Waals surface area contributed by atoms with Crippen molar-refractivity contribution in [3.05, 3.63) is 64.5 Å². The Bertz CT molecular complexity index is 1430. The molecule has 12 heteroatoms. The van der Waals surface area contributed by atoms with E-state index in [1.807, 2.05) is 31.2 Å². The first kappa shape index (κ1) is 27.0. The molecule has 12 nitrogen and oxygen atoms in total. The van der Waals surface area contributed by atoms with Crippen LogP contribution in [0, 0.1) is 11.3 Å². The first-order chi connectivity index (χ1) is 19.3. The lowest BCUT2D eigenvalue weighted by atomic mass is 9.72. The number of carbonyl (C=O) groups is 3. The van der Waals surface area contributed by atoms with E-state index in [1.54, 1.807) is 31.1 Å². The molecule has 1 saturated heterocycles. The number of hydrogen-bond acceptors (Lipinski definition) is 8. The second kappa shape index (κ2) is 10.9. The monoisotopic (exact) mass is 541 g/mol. The summed E-state index contributed by atoms with van der Waals surface area (Å²) in [7, 11) is 3.15. The summed E-state index contributed by atoms with van der Waals surface area (Å²) in [6.45, 7) is 2.66. The fourth-order valence-corrected chi connectivity index (χ4v) is 5.98. The van der Waals surface area contributed by atoms with E-state index in [-0.39, 0.29) is 36.3 Å². The van der Waals surface area contributed by atoms with E-state index in [9.17, 15) is 19.6 Å². The van der Waals surface area contributed by atoms with Gasteiger partial charge in [0.05, 0.1) is 18.0 Å². The predicted molar refractivity (Wildman–Crippen MR) is 145 cm³/mol. The molecule has 206 valence electrons. The number of amides is 3. The van der Waals surface area contributed by atoms with Crippen LogP contribution in [0.1, 0.15) is 63.9 Å². The van der Waals surface area contributed by atoms with Gasteiger partial charge in [-0.05, 0) is 72.7 Å². The topological polar surface area (TPSA) is 169 Å². The van der Waals surface area contributed by atoms with Gasteiger partial charge in [0.15, 0.2) is 5.82 Å². The minimum atomic E-state index is -0.877. The number of benzene rings is 2. The molecular weight excluding hydrogens is 510 g/mol. The molecule has 0 radical (unpaired) electrons. The number of likely N-dealkylation sites (tertiary alicyclic amines) is 1. The standard InChI is InChI=1S/C28H31N9O3/c1-16(32-15-24(38)37-10-4-5-19(37)14-29)13-28(27-33-35-36-34-27)22-8-6-17(25(39)30-2)11-20(22)21-12-18(26(40)31-3)7-9-23(21)28/h6-9,11-12,16,19,32H,4-5,10,13,15H2,1-3H3,(H,30,39)(H,31,40)(H,33,34,35,36)/t16-,19?/m1/s1. The van der Waals surface area contributed by atoms with Crippen molar-refractivity contribution in [2.75, 3.05) is 27.2 Å². The summed E-state index contributed by atoms with van der Waals surface area (Å²) in [6, 6.07) is 12.6. The predicted octanol–water partition coefficient (Wildman–Crippen LogP) is 1.12. The van der Waals surface area contributed by atoms with Crippen LogP contribution in [0.5, 0.6) is 0 Å². The van der Waals surface area contributed by atoms with Crippen molar-refractivity contribution in [2.24, 2.45) is 0 Å². The molecule has 3 aromatic rings. The van der Waals surface area contributed by atoms with Gasteiger partial charge < -0.3 is 20.9 Å². The van der Waals surface area contributed by atoms with Gasteiger partial charge in [-0.2, -0.15) is 10.5 Å². The fourth-order valence-electron chi connectivity index (χ4n) is 5.98. The average molecular weight is 542 g/mol. The summed E-state index contributed by atoms with van der Waals surface area (Å²) in [6.07, 6.45) is 1.98. The number of carbonyl (C=O) groups excluding carboxylic acids is 3. The van der Waals surface area contributed by atoms with E-state index >= 15 is 0 Å². The molecule has 1 fully saturated rings. The Labute approximate surface area is 231 Å². The van der Waals surface area contributed by atoms with Gasteiger partial charge in [-0.1, -0.05) is 17.3 Å². The Balaban J connectivity index is 1.56. The molecule has 2 aromatic carbocycles. The first-order valence-corrected chi connectivity index (χ1v) is 13.2. The number of nitriles is 1. The number of tetrazole rings is 1. The summed E-state index contributed by atoms with van der Waals surface area (Å²) in [5.74, 6) is -0.121. The number of nitrogens with one attached hydrogen (secondary N) is 4. The largest absolute Gasteiger partial charge is 0.355 e. The molecule has 0 spiro atoms. The van der Waals surface area contributed by atoms with Gasteiger partial charge in [0.25, 0.3) is 11.8 Å². The molecule has 3 amide bonds. The van der Waals surface area contributed by atoms with Crippen molar-refractivity contribution in [3.63, 3.8) is 0 Å². The van der Waals surface area contributed by atoms with Crippen molar-refractivity contribution in [1.29, 1.82) is 5.26 Å². The van der Waals surface area contributed by atoms with Crippen LogP contribution in [-0.2, 0) is 10.2 Å². The molecular formula is C28H31N9O3. The van der Waals surface area contributed by atoms with E-state index in [0.29, 0.717) is 36.3 Å². The summed E-state index contributed by atoms with van der Waals surface area (Å²) in [4.78, 5) is 39.6. The average Bonchev–Trinajstić information content (AvgIpc) is 3.74. The van der Waals surface area contributed by atoms with Gasteiger partial charge in [0, 0.05) is 37.8 Å². The van der Waals surface area contributed by atoms with Crippen molar-refractivity contribution in [2.45, 2.75) is 43.7 Å². The van der Waals surface area contributed by atoms with E-state index in [4.69, 9.17) is 0 Å². The number of aromatic nitrogens is 4. The molecule has 2 heterocycles. The Morgan fingerprint density at radius 3 is 2.25 bits per heavy atom. The quantitative estimate of drug-likeness (QED) is 0.329. The highest BCUT2D eigenvalue weighted by atomic mass is 16.2. The number of hydrogen-bond donors (Lipinski definition) is 4. The minimum absolute atomic E-state index is 0.0899. The van der Waals surface area contributed by atoms with Crippen molar-refractivity contribution in [1.82, 2.24) is 41.5 Å². The Hall–Kier alpha value is -4.63. The Morgan fingerprint density at radius 1 is 1.10 bits per heavy atom. The molecule has 40 heavy (non-hydrogen) atoms. The number of aromatic amines is 1. The van der Waals surface area contributed by atoms with Crippen LogP contribution in [0.4, 0.5) is 0 Å². The second-order valence-corrected chi connectivity index (χ2v) is 10.2. The zero-order chi connectivity index (χ0) is 28.4. The van der Waals surface area contributed by atoms with Crippen LogP contribution in [0.3, 0.4) is 0 Å². The van der Waals surface area contributed by atoms with Crippen molar-refractivity contribution < 1.29 is 14.4 Å². The number of nitrogens with zero attached hydrogens (tertiary/aromatic N) is 5. The Morgan fingerprint density at radius 2 is 1.73 bits per heavy atom. The lowest BCUT2D eigenvalue weighted by molar-refractivity contribution is -0.130. The number of rotatable bonds is 8. The second-order valence-electron chi connectivity index (χ2n) is 10.2. The molecule has 4 N–H and O–H groups in total. The van der Waals surface area contributed by atoms with Crippen LogP contribution >= 0.6 is 0 Å². The number of fused-ring (bicyclic) bond motifs is 3. The highest BCUT2D eigenvalue weighted by Gasteiger charge is 2.49. The first-order valence-electron chi connectivity index (χ1n) is 13.2. The molecule has 0 saturated carbocycles. The lowest BCUT2D eigenvalue weighted by Gasteiger charge is -2.32. The molecule has 1 aromatic heterocycles. The minimum Gasteiger partial charge on any atom is -0.355 e. The maximum absolute atomic E-state index is 12.9. The van der Waals surface area contributed by atoms with E-state index in [0.717, 1.165) is 28.7 Å². The van der Waals surface area contributed by atoms with Gasteiger partial charge in [-0.3, -0.25) is 14.4 Å². The fraction of sp³-hybridized carbons (Fsp3) is 0.393. The molecule has 0 bridgehead atoms. The maximum atomic E-state index is 12.9. The zero-order valence-electron chi connectivity index (χ0n) is 22.6. The van der Waals surface area contributed by atoms with E-state index < -0.39 is 5.41 Å². The van der Waals surface area contributed by atoms with E-state index in [1.165, 1.54) is 0 Å². The molecule has 2 aliphatic rings. The van der Waals surface area contributed by atoms with Crippen molar-refractivity contribution in [3.8, 4) is 17.2 Å². The molecule has 5 rings (SSSR count). The molecule has 2 atom stereocenters. The SMILES string of the molecule is CNC(=O)c1ccc2c(c1)-c1cc(C(=O)NC)ccc1C2(C[C@@H](C)NCC(=O)N1CCCC1C#N)c1nn[nH]n1. The van der Waals surface area contributed by atoms with Gasteiger partial charge in [0.1, 0.15) is 6.04 Å². The summed E-state index contributed by atoms with van der Waals surface area (Å²) in [5, 5.41) is 33.3. The lowest BCUT2D eigenvalue weighted by Crippen LogP contribution is -2.45. The maximum Gasteiger partial charge on any atom is 0.251 e. The van der Waals surface area contributed by atoms with Gasteiger partial charge in [-0.15, -0.1) is 10.2 Å². The highest BCUT2D eigenvalue weighted by Crippen LogP contribution is 2.54. The summed E-state index contributed by atoms with van der Waals surface area (Å²) in [5.41, 5.74) is 3.42. The van der Waals surface area contributed by atoms with Crippen LogP contribution in [0.15, 0.2) is 36.4 Å². The summed E-state index contributed by atoms with van der Waals surface area (Å²) < 4.78 is 0. The number of H-pyrrole nitrogens is 1. The van der Waals surface area contributed by atoms with Gasteiger partial charge in [0.2, 0.25) is 5.91 Å².